The van der Waals surface area contributed by atoms with E-state index in [1.165, 1.54) is 6.21 Å². The van der Waals surface area contributed by atoms with Crippen LogP contribution < -0.4 is 5.43 Å². The van der Waals surface area contributed by atoms with E-state index in [1.54, 1.807) is 31.6 Å². The molecular formula is C18H21N5O2. The predicted octanol–water partition coefficient (Wildman–Crippen LogP) is 3.32. The largest absolute Gasteiger partial charge is 0.443 e. The number of hydrogen-bond acceptors (Lipinski definition) is 5. The van der Waals surface area contributed by atoms with Gasteiger partial charge in [0.1, 0.15) is 11.3 Å². The molecule has 0 unspecified atom stereocenters. The van der Waals surface area contributed by atoms with Crippen LogP contribution in [0.5, 0.6) is 0 Å². The van der Waals surface area contributed by atoms with Crippen molar-refractivity contribution in [3.63, 3.8) is 0 Å². The Balaban J connectivity index is 2.18. The first-order valence-corrected chi connectivity index (χ1v) is 7.91. The van der Waals surface area contributed by atoms with E-state index in [4.69, 9.17) is 10.00 Å². The molecule has 0 fully saturated rings. The summed E-state index contributed by atoms with van der Waals surface area (Å²) in [6.45, 7) is 5.83. The van der Waals surface area contributed by atoms with Crippen molar-refractivity contribution < 1.29 is 9.53 Å². The lowest BCUT2D eigenvalue weighted by molar-refractivity contribution is 0.0529. The minimum absolute atomic E-state index is 0.364. The molecule has 1 aromatic heterocycles. The van der Waals surface area contributed by atoms with Gasteiger partial charge in [-0.15, -0.1) is 0 Å². The van der Waals surface area contributed by atoms with Gasteiger partial charge >= 0.3 is 6.09 Å². The number of amides is 1. The van der Waals surface area contributed by atoms with Crippen LogP contribution in [0, 0.1) is 11.3 Å². The van der Waals surface area contributed by atoms with E-state index < -0.39 is 11.7 Å². The number of rotatable bonds is 5. The quantitative estimate of drug-likeness (QED) is 0.668. The Morgan fingerprint density at radius 1 is 1.40 bits per heavy atom. The first-order valence-electron chi connectivity index (χ1n) is 7.91. The lowest BCUT2D eigenvalue weighted by Crippen LogP contribution is -2.29. The highest BCUT2D eigenvalue weighted by Gasteiger charge is 2.15. The number of nitrogens with zero attached hydrogens (tertiary/aromatic N) is 4. The number of hydrazone groups is 1. The van der Waals surface area contributed by atoms with E-state index >= 15 is 0 Å². The molecule has 2 aromatic rings. The Labute approximate surface area is 146 Å². The van der Waals surface area contributed by atoms with E-state index in [-0.39, 0.29) is 0 Å². The van der Waals surface area contributed by atoms with Crippen molar-refractivity contribution in [3.05, 3.63) is 42.1 Å². The molecule has 0 bridgehead atoms. The Hall–Kier alpha value is -3.14. The maximum Gasteiger partial charge on any atom is 0.428 e. The summed E-state index contributed by atoms with van der Waals surface area (Å²) in [7, 11) is 0. The zero-order valence-electron chi connectivity index (χ0n) is 14.6. The maximum absolute atomic E-state index is 11.6. The molecule has 7 nitrogen and oxygen atoms in total. The number of hydrogen-bond donors (Lipinski definition) is 1. The van der Waals surface area contributed by atoms with Crippen molar-refractivity contribution in [2.24, 2.45) is 5.10 Å². The Kier molecular flexibility index (Phi) is 5.90. The molecule has 0 spiro atoms. The minimum Gasteiger partial charge on any atom is -0.443 e. The lowest BCUT2D eigenvalue weighted by atomic mass is 10.1. The Morgan fingerprint density at radius 3 is 2.76 bits per heavy atom. The van der Waals surface area contributed by atoms with Gasteiger partial charge in [-0.2, -0.15) is 15.5 Å². The van der Waals surface area contributed by atoms with Crippen molar-refractivity contribution in [1.82, 2.24) is 15.2 Å². The summed E-state index contributed by atoms with van der Waals surface area (Å²) in [4.78, 5) is 11.6. The summed E-state index contributed by atoms with van der Waals surface area (Å²) >= 11 is 0. The number of aryl methyl sites for hydroxylation is 1. The summed E-state index contributed by atoms with van der Waals surface area (Å²) in [5.74, 6) is 0. The fourth-order valence-electron chi connectivity index (χ4n) is 2.09. The van der Waals surface area contributed by atoms with Crippen LogP contribution >= 0.6 is 0 Å². The topological polar surface area (TPSA) is 92.3 Å². The monoisotopic (exact) mass is 339 g/mol. The highest BCUT2D eigenvalue weighted by molar-refractivity contribution is 5.89. The Morgan fingerprint density at radius 2 is 2.12 bits per heavy atom. The first kappa shape index (κ1) is 18.2. The van der Waals surface area contributed by atoms with Gasteiger partial charge in [0, 0.05) is 17.3 Å². The van der Waals surface area contributed by atoms with Gasteiger partial charge in [0.2, 0.25) is 0 Å². The van der Waals surface area contributed by atoms with Crippen molar-refractivity contribution in [1.29, 1.82) is 5.26 Å². The third kappa shape index (κ3) is 5.77. The fraction of sp³-hybridized carbons (Fsp3) is 0.333. The molecule has 130 valence electrons. The molecule has 0 atom stereocenters. The highest BCUT2D eigenvalue weighted by atomic mass is 16.6. The van der Waals surface area contributed by atoms with Crippen LogP contribution in [0.4, 0.5) is 4.79 Å². The molecule has 1 N–H and O–H groups in total. The van der Waals surface area contributed by atoms with Gasteiger partial charge in [-0.3, -0.25) is 4.68 Å². The van der Waals surface area contributed by atoms with Gasteiger partial charge in [-0.25, -0.2) is 10.2 Å². The molecule has 25 heavy (non-hydrogen) atoms. The standard InChI is InChI=1S/C18H21N5O2/c1-18(2,3)25-17(24)21-20-12-15-13-23(11-7-10-19)22-16(15)14-8-5-4-6-9-14/h4-6,8-9,12-13H,7,11H2,1-3H3,(H,21,24)/b20-12-. The predicted molar refractivity (Wildman–Crippen MR) is 94.9 cm³/mol. The molecule has 0 aliphatic carbocycles. The zero-order chi connectivity index (χ0) is 18.3. The van der Waals surface area contributed by atoms with Crippen LogP contribution in [0.1, 0.15) is 32.8 Å². The lowest BCUT2D eigenvalue weighted by Gasteiger charge is -2.18. The normalized spacial score (nSPS) is 11.3. The molecule has 1 amide bonds. The number of nitriles is 1. The van der Waals surface area contributed by atoms with Crippen LogP contribution in [0.15, 0.2) is 41.6 Å². The van der Waals surface area contributed by atoms with Crippen molar-refractivity contribution in [3.8, 4) is 17.3 Å². The molecule has 0 aliphatic heterocycles. The van der Waals surface area contributed by atoms with Gasteiger partial charge < -0.3 is 4.74 Å². The number of carbonyl (C=O) groups excluding carboxylic acids is 1. The summed E-state index contributed by atoms with van der Waals surface area (Å²) in [5.41, 5.74) is 4.15. The average molecular weight is 339 g/mol. The minimum atomic E-state index is -0.623. The second kappa shape index (κ2) is 8.11. The third-order valence-electron chi connectivity index (χ3n) is 3.05. The zero-order valence-corrected chi connectivity index (χ0v) is 14.6. The van der Waals surface area contributed by atoms with E-state index in [0.29, 0.717) is 13.0 Å². The van der Waals surface area contributed by atoms with Crippen LogP contribution in [-0.4, -0.2) is 27.7 Å². The summed E-state index contributed by atoms with van der Waals surface area (Å²) in [6, 6.07) is 11.7. The van der Waals surface area contributed by atoms with Crippen LogP contribution in [0.2, 0.25) is 0 Å². The molecule has 0 aliphatic rings. The van der Waals surface area contributed by atoms with E-state index in [9.17, 15) is 4.79 Å². The number of ether oxygens (including phenoxy) is 1. The Bertz CT molecular complexity index is 782. The SMILES string of the molecule is CC(C)(C)OC(=O)N/N=C\c1cn(CCC#N)nc1-c1ccccc1. The number of carbonyl (C=O) groups is 1. The second-order valence-corrected chi connectivity index (χ2v) is 6.34. The fourth-order valence-corrected chi connectivity index (χ4v) is 2.09. The number of benzene rings is 1. The van der Waals surface area contributed by atoms with E-state index in [1.807, 2.05) is 30.3 Å². The highest BCUT2D eigenvalue weighted by Crippen LogP contribution is 2.20. The van der Waals surface area contributed by atoms with Crippen LogP contribution in [0.25, 0.3) is 11.3 Å². The van der Waals surface area contributed by atoms with Crippen LogP contribution in [0.3, 0.4) is 0 Å². The maximum atomic E-state index is 11.6. The van der Waals surface area contributed by atoms with Gasteiger partial charge in [0.05, 0.1) is 25.2 Å². The van der Waals surface area contributed by atoms with Gasteiger partial charge in [-0.05, 0) is 20.8 Å². The summed E-state index contributed by atoms with van der Waals surface area (Å²) in [5, 5.41) is 17.2. The molecular weight excluding hydrogens is 318 g/mol. The summed E-state index contributed by atoms with van der Waals surface area (Å²) < 4.78 is 6.82. The van der Waals surface area contributed by atoms with E-state index in [2.05, 4.69) is 21.7 Å². The molecule has 0 saturated heterocycles. The van der Waals surface area contributed by atoms with Gasteiger partial charge in [0.25, 0.3) is 0 Å². The van der Waals surface area contributed by atoms with E-state index in [0.717, 1.165) is 16.8 Å². The molecule has 0 radical (unpaired) electrons. The molecule has 7 heteroatoms. The second-order valence-electron chi connectivity index (χ2n) is 6.34. The smallest absolute Gasteiger partial charge is 0.428 e. The number of aromatic nitrogens is 2. The molecule has 0 saturated carbocycles. The number of nitrogens with one attached hydrogen (secondary N) is 1. The molecule has 2 rings (SSSR count). The van der Waals surface area contributed by atoms with Crippen molar-refractivity contribution >= 4 is 12.3 Å². The third-order valence-corrected chi connectivity index (χ3v) is 3.05. The van der Waals surface area contributed by atoms with Gasteiger partial charge in [-0.1, -0.05) is 30.3 Å². The van der Waals surface area contributed by atoms with Crippen LogP contribution in [-0.2, 0) is 11.3 Å². The van der Waals surface area contributed by atoms with Crippen molar-refractivity contribution in [2.75, 3.05) is 0 Å². The van der Waals surface area contributed by atoms with Crippen molar-refractivity contribution in [2.45, 2.75) is 39.3 Å². The molecule has 1 aromatic carbocycles. The summed E-state index contributed by atoms with van der Waals surface area (Å²) in [6.07, 6.45) is 3.05. The average Bonchev–Trinajstić information content (AvgIpc) is 2.95. The first-order chi connectivity index (χ1) is 11.9. The van der Waals surface area contributed by atoms with Gasteiger partial charge in [0.15, 0.2) is 0 Å². The molecule has 1 heterocycles.